The first kappa shape index (κ1) is 17.1. The van der Waals surface area contributed by atoms with Crippen LogP contribution in [0.5, 0.6) is 0 Å². The van der Waals surface area contributed by atoms with Crippen LogP contribution in [-0.4, -0.2) is 43.7 Å². The van der Waals surface area contributed by atoms with E-state index in [1.54, 1.807) is 0 Å². The first-order chi connectivity index (χ1) is 9.68. The number of aliphatic hydroxyl groups is 1. The van der Waals surface area contributed by atoms with E-state index in [0.29, 0.717) is 19.8 Å². The monoisotopic (exact) mass is 281 g/mol. The number of hydrogen-bond donors (Lipinski definition) is 2. The fraction of sp³-hybridized carbons (Fsp3) is 0.625. The standard InChI is InChI=1S/C16H27NO3/c1-14(2)20-13-16(18)12-19-10-6-9-17-11-15-7-4-3-5-8-15/h3-5,7-8,14,16-18H,6,9-13H2,1-2H3. The molecule has 0 aliphatic carbocycles. The minimum Gasteiger partial charge on any atom is -0.388 e. The molecule has 0 bridgehead atoms. The number of rotatable bonds is 11. The van der Waals surface area contributed by atoms with E-state index in [4.69, 9.17) is 9.47 Å². The second kappa shape index (κ2) is 10.8. The Morgan fingerprint density at radius 3 is 2.60 bits per heavy atom. The Bertz CT molecular complexity index is 330. The van der Waals surface area contributed by atoms with Crippen LogP contribution in [0, 0.1) is 0 Å². The SMILES string of the molecule is CC(C)OCC(O)COCCCNCc1ccccc1. The lowest BCUT2D eigenvalue weighted by Gasteiger charge is -2.13. The van der Waals surface area contributed by atoms with Gasteiger partial charge >= 0.3 is 0 Å². The molecule has 4 heteroatoms. The molecule has 4 nitrogen and oxygen atoms in total. The van der Waals surface area contributed by atoms with E-state index >= 15 is 0 Å². The second-order valence-electron chi connectivity index (χ2n) is 5.13. The zero-order valence-corrected chi connectivity index (χ0v) is 12.5. The molecule has 0 fully saturated rings. The van der Waals surface area contributed by atoms with Crippen molar-refractivity contribution >= 4 is 0 Å². The van der Waals surface area contributed by atoms with Crippen LogP contribution < -0.4 is 5.32 Å². The third-order valence-corrected chi connectivity index (χ3v) is 2.75. The Balaban J connectivity index is 1.90. The summed E-state index contributed by atoms with van der Waals surface area (Å²) in [6.07, 6.45) is 0.548. The summed E-state index contributed by atoms with van der Waals surface area (Å²) in [7, 11) is 0. The number of benzene rings is 1. The van der Waals surface area contributed by atoms with Crippen LogP contribution in [0.15, 0.2) is 30.3 Å². The molecule has 1 atom stereocenters. The maximum Gasteiger partial charge on any atom is 0.101 e. The zero-order chi connectivity index (χ0) is 14.6. The lowest BCUT2D eigenvalue weighted by atomic mass is 10.2. The molecular weight excluding hydrogens is 254 g/mol. The van der Waals surface area contributed by atoms with Gasteiger partial charge in [0.05, 0.1) is 19.3 Å². The van der Waals surface area contributed by atoms with Gasteiger partial charge in [-0.3, -0.25) is 0 Å². The van der Waals surface area contributed by atoms with Crippen LogP contribution in [0.25, 0.3) is 0 Å². The molecule has 0 spiro atoms. The van der Waals surface area contributed by atoms with Gasteiger partial charge in [-0.2, -0.15) is 0 Å². The van der Waals surface area contributed by atoms with Crippen molar-refractivity contribution in [3.8, 4) is 0 Å². The molecule has 114 valence electrons. The van der Waals surface area contributed by atoms with E-state index in [1.807, 2.05) is 32.0 Å². The van der Waals surface area contributed by atoms with Crippen LogP contribution in [0.3, 0.4) is 0 Å². The Morgan fingerprint density at radius 1 is 1.15 bits per heavy atom. The Morgan fingerprint density at radius 2 is 1.90 bits per heavy atom. The van der Waals surface area contributed by atoms with Crippen LogP contribution in [-0.2, 0) is 16.0 Å². The van der Waals surface area contributed by atoms with Gasteiger partial charge in [0.15, 0.2) is 0 Å². The first-order valence-electron chi connectivity index (χ1n) is 7.30. The van der Waals surface area contributed by atoms with Crippen molar-refractivity contribution in [3.05, 3.63) is 35.9 Å². The molecule has 1 aromatic rings. The highest BCUT2D eigenvalue weighted by Gasteiger charge is 2.05. The van der Waals surface area contributed by atoms with Gasteiger partial charge in [-0.25, -0.2) is 0 Å². The highest BCUT2D eigenvalue weighted by molar-refractivity contribution is 5.14. The number of hydrogen-bond acceptors (Lipinski definition) is 4. The predicted molar refractivity (Wildman–Crippen MR) is 80.7 cm³/mol. The summed E-state index contributed by atoms with van der Waals surface area (Å²) in [5.74, 6) is 0. The predicted octanol–water partition coefficient (Wildman–Crippen LogP) is 1.97. The maximum atomic E-state index is 9.58. The highest BCUT2D eigenvalue weighted by atomic mass is 16.5. The summed E-state index contributed by atoms with van der Waals surface area (Å²) < 4.78 is 10.7. The molecule has 2 N–H and O–H groups in total. The number of ether oxygens (including phenoxy) is 2. The molecule has 0 radical (unpaired) electrons. The van der Waals surface area contributed by atoms with Gasteiger partial charge in [0, 0.05) is 13.2 Å². The fourth-order valence-corrected chi connectivity index (χ4v) is 1.70. The molecule has 0 heterocycles. The van der Waals surface area contributed by atoms with Gasteiger partial charge in [-0.05, 0) is 32.4 Å². The van der Waals surface area contributed by atoms with Crippen molar-refractivity contribution in [1.29, 1.82) is 0 Å². The number of aliphatic hydroxyl groups excluding tert-OH is 1. The average Bonchev–Trinajstić information content (AvgIpc) is 2.45. The quantitative estimate of drug-likeness (QED) is 0.609. The Kier molecular flexibility index (Phi) is 9.24. The summed E-state index contributed by atoms with van der Waals surface area (Å²) >= 11 is 0. The third-order valence-electron chi connectivity index (χ3n) is 2.75. The van der Waals surface area contributed by atoms with Crippen LogP contribution in [0.4, 0.5) is 0 Å². The summed E-state index contributed by atoms with van der Waals surface area (Å²) in [6.45, 7) is 7.02. The van der Waals surface area contributed by atoms with Crippen molar-refractivity contribution in [2.75, 3.05) is 26.4 Å². The zero-order valence-electron chi connectivity index (χ0n) is 12.5. The van der Waals surface area contributed by atoms with Gasteiger partial charge in [0.1, 0.15) is 6.10 Å². The van der Waals surface area contributed by atoms with Gasteiger partial charge in [0.2, 0.25) is 0 Å². The van der Waals surface area contributed by atoms with Crippen LogP contribution in [0.2, 0.25) is 0 Å². The van der Waals surface area contributed by atoms with E-state index in [2.05, 4.69) is 17.4 Å². The Labute approximate surface area is 122 Å². The van der Waals surface area contributed by atoms with Gasteiger partial charge in [-0.1, -0.05) is 30.3 Å². The first-order valence-corrected chi connectivity index (χ1v) is 7.30. The van der Waals surface area contributed by atoms with Gasteiger partial charge in [0.25, 0.3) is 0 Å². The molecule has 20 heavy (non-hydrogen) atoms. The van der Waals surface area contributed by atoms with E-state index < -0.39 is 6.10 Å². The smallest absolute Gasteiger partial charge is 0.101 e. The maximum absolute atomic E-state index is 9.58. The lowest BCUT2D eigenvalue weighted by Crippen LogP contribution is -2.24. The summed E-state index contributed by atoms with van der Waals surface area (Å²) in [5, 5.41) is 12.9. The summed E-state index contributed by atoms with van der Waals surface area (Å²) in [6, 6.07) is 10.3. The van der Waals surface area contributed by atoms with Gasteiger partial charge in [-0.15, -0.1) is 0 Å². The molecule has 0 aliphatic rings. The van der Waals surface area contributed by atoms with Crippen molar-refractivity contribution in [3.63, 3.8) is 0 Å². The number of nitrogens with one attached hydrogen (secondary N) is 1. The molecule has 0 saturated carbocycles. The summed E-state index contributed by atoms with van der Waals surface area (Å²) in [4.78, 5) is 0. The highest BCUT2D eigenvalue weighted by Crippen LogP contribution is 1.97. The van der Waals surface area contributed by atoms with Crippen molar-refractivity contribution in [2.45, 2.75) is 39.0 Å². The molecule has 0 aliphatic heterocycles. The van der Waals surface area contributed by atoms with Crippen LogP contribution >= 0.6 is 0 Å². The second-order valence-corrected chi connectivity index (χ2v) is 5.13. The molecule has 0 amide bonds. The topological polar surface area (TPSA) is 50.7 Å². The Hall–Kier alpha value is -0.940. The minimum atomic E-state index is -0.533. The van der Waals surface area contributed by atoms with Crippen molar-refractivity contribution in [2.24, 2.45) is 0 Å². The largest absolute Gasteiger partial charge is 0.388 e. The normalized spacial score (nSPS) is 12.8. The molecular formula is C16H27NO3. The third kappa shape index (κ3) is 9.04. The van der Waals surface area contributed by atoms with Crippen molar-refractivity contribution < 1.29 is 14.6 Å². The van der Waals surface area contributed by atoms with E-state index in [9.17, 15) is 5.11 Å². The molecule has 1 aromatic carbocycles. The summed E-state index contributed by atoms with van der Waals surface area (Å²) in [5.41, 5.74) is 1.29. The molecule has 1 unspecified atom stereocenters. The fourth-order valence-electron chi connectivity index (χ4n) is 1.70. The molecule has 0 aromatic heterocycles. The van der Waals surface area contributed by atoms with E-state index in [1.165, 1.54) is 5.56 Å². The molecule has 1 rings (SSSR count). The van der Waals surface area contributed by atoms with Gasteiger partial charge < -0.3 is 19.9 Å². The minimum absolute atomic E-state index is 0.145. The van der Waals surface area contributed by atoms with E-state index in [-0.39, 0.29) is 6.10 Å². The van der Waals surface area contributed by atoms with Crippen molar-refractivity contribution in [1.82, 2.24) is 5.32 Å². The van der Waals surface area contributed by atoms with Crippen LogP contribution in [0.1, 0.15) is 25.8 Å². The average molecular weight is 281 g/mol. The lowest BCUT2D eigenvalue weighted by molar-refractivity contribution is -0.0356. The molecule has 0 saturated heterocycles. The van der Waals surface area contributed by atoms with E-state index in [0.717, 1.165) is 19.5 Å².